The molecule has 9 nitrogen and oxygen atoms in total. The van der Waals surface area contributed by atoms with Gasteiger partial charge >= 0.3 is 0 Å². The number of rotatable bonds is 4. The maximum absolute atomic E-state index is 13.3. The van der Waals surface area contributed by atoms with Crippen LogP contribution >= 0.6 is 0 Å². The van der Waals surface area contributed by atoms with Gasteiger partial charge in [-0.25, -0.2) is 14.6 Å². The lowest BCUT2D eigenvalue weighted by atomic mass is 9.89. The summed E-state index contributed by atoms with van der Waals surface area (Å²) in [5.41, 5.74) is 10.6. The molecule has 1 amide bonds. The Balaban J connectivity index is 1.17. The van der Waals surface area contributed by atoms with E-state index in [1.807, 2.05) is 41.4 Å². The van der Waals surface area contributed by atoms with E-state index in [-0.39, 0.29) is 5.91 Å². The number of piperidine rings is 1. The third-order valence-electron chi connectivity index (χ3n) is 7.30. The van der Waals surface area contributed by atoms with Crippen LogP contribution in [0.3, 0.4) is 0 Å². The van der Waals surface area contributed by atoms with Crippen molar-refractivity contribution >= 4 is 22.9 Å². The maximum atomic E-state index is 13.3. The molecule has 35 heavy (non-hydrogen) atoms. The summed E-state index contributed by atoms with van der Waals surface area (Å²) in [6, 6.07) is 11.7. The quantitative estimate of drug-likeness (QED) is 0.470. The highest BCUT2D eigenvalue weighted by molar-refractivity contribution is 5.98. The predicted octanol–water partition coefficient (Wildman–Crippen LogP) is 3.64. The van der Waals surface area contributed by atoms with E-state index in [2.05, 4.69) is 21.1 Å². The number of carbonyl (C=O) groups is 1. The van der Waals surface area contributed by atoms with Crippen LogP contribution in [0.25, 0.3) is 16.9 Å². The molecule has 0 saturated carbocycles. The molecule has 0 bridgehead atoms. The molecule has 3 N–H and O–H groups in total. The Hall–Kier alpha value is -3.72. The van der Waals surface area contributed by atoms with E-state index in [1.54, 1.807) is 10.9 Å². The Morgan fingerprint density at radius 2 is 1.80 bits per heavy atom. The van der Waals surface area contributed by atoms with Crippen LogP contribution in [-0.4, -0.2) is 61.8 Å². The number of benzene rings is 1. The zero-order chi connectivity index (χ0) is 23.8. The monoisotopic (exact) mass is 471 g/mol. The molecule has 1 aromatic carbocycles. The number of aromatic nitrogens is 5. The fourth-order valence-corrected chi connectivity index (χ4v) is 5.30. The number of ether oxygens (including phenoxy) is 1. The first kappa shape index (κ1) is 21.8. The molecule has 3 aromatic heterocycles. The van der Waals surface area contributed by atoms with Crippen LogP contribution in [0.15, 0.2) is 48.8 Å². The minimum atomic E-state index is -0.0652. The van der Waals surface area contributed by atoms with Gasteiger partial charge in [-0.05, 0) is 55.4 Å². The lowest BCUT2D eigenvalue weighted by Crippen LogP contribution is -2.38. The number of nitrogens with two attached hydrogens (primary N) is 1. The van der Waals surface area contributed by atoms with Crippen molar-refractivity contribution in [1.82, 2.24) is 29.6 Å². The van der Waals surface area contributed by atoms with E-state index >= 15 is 0 Å². The van der Waals surface area contributed by atoms with Gasteiger partial charge < -0.3 is 20.4 Å². The summed E-state index contributed by atoms with van der Waals surface area (Å²) in [4.78, 5) is 28.1. The third-order valence-corrected chi connectivity index (χ3v) is 7.30. The molecule has 2 fully saturated rings. The highest BCUT2D eigenvalue weighted by Crippen LogP contribution is 2.34. The largest absolute Gasteiger partial charge is 0.383 e. The van der Waals surface area contributed by atoms with E-state index in [9.17, 15) is 4.79 Å². The fourth-order valence-electron chi connectivity index (χ4n) is 5.30. The van der Waals surface area contributed by atoms with Crippen molar-refractivity contribution in [3.05, 3.63) is 65.7 Å². The van der Waals surface area contributed by atoms with E-state index < -0.39 is 0 Å². The average Bonchev–Trinajstić information content (AvgIpc) is 3.53. The SMILES string of the molecule is Nc1c(C(=O)N2CCC(c3ccnc4[nH]c(C5CCOCC5)nc34)CC2)cnn1-c1ccccc1. The van der Waals surface area contributed by atoms with Gasteiger partial charge in [0.05, 0.1) is 11.9 Å². The zero-order valence-corrected chi connectivity index (χ0v) is 19.6. The molecule has 4 aromatic rings. The Morgan fingerprint density at radius 3 is 2.57 bits per heavy atom. The first-order valence-electron chi connectivity index (χ1n) is 12.3. The van der Waals surface area contributed by atoms with Gasteiger partial charge in [-0.2, -0.15) is 5.10 Å². The number of nitrogens with zero attached hydrogens (tertiary/aromatic N) is 5. The third kappa shape index (κ3) is 4.05. The Morgan fingerprint density at radius 1 is 1.03 bits per heavy atom. The number of aromatic amines is 1. The number of hydrogen-bond donors (Lipinski definition) is 2. The lowest BCUT2D eigenvalue weighted by Gasteiger charge is -2.32. The fraction of sp³-hybridized carbons (Fsp3) is 0.385. The van der Waals surface area contributed by atoms with Crippen molar-refractivity contribution in [2.75, 3.05) is 32.0 Å². The van der Waals surface area contributed by atoms with Crippen molar-refractivity contribution in [1.29, 1.82) is 0 Å². The van der Waals surface area contributed by atoms with E-state index in [0.717, 1.165) is 61.6 Å². The molecule has 0 aliphatic carbocycles. The summed E-state index contributed by atoms with van der Waals surface area (Å²) in [6.45, 7) is 2.90. The Bertz CT molecular complexity index is 1330. The molecule has 0 spiro atoms. The summed E-state index contributed by atoms with van der Waals surface area (Å²) in [6.07, 6.45) is 7.15. The summed E-state index contributed by atoms with van der Waals surface area (Å²) >= 11 is 0. The van der Waals surface area contributed by atoms with Crippen molar-refractivity contribution in [2.45, 2.75) is 37.5 Å². The molecule has 180 valence electrons. The number of H-pyrrole nitrogens is 1. The molecule has 0 unspecified atom stereocenters. The second-order valence-corrected chi connectivity index (χ2v) is 9.36. The van der Waals surface area contributed by atoms with Crippen molar-refractivity contribution < 1.29 is 9.53 Å². The summed E-state index contributed by atoms with van der Waals surface area (Å²) in [5, 5.41) is 4.36. The number of anilines is 1. The maximum Gasteiger partial charge on any atom is 0.259 e. The summed E-state index contributed by atoms with van der Waals surface area (Å²) in [5.74, 6) is 2.05. The number of nitrogens with one attached hydrogen (secondary N) is 1. The van der Waals surface area contributed by atoms with Crippen molar-refractivity contribution in [3.63, 3.8) is 0 Å². The number of likely N-dealkylation sites (tertiary alicyclic amines) is 1. The number of carbonyl (C=O) groups excluding carboxylic acids is 1. The van der Waals surface area contributed by atoms with Crippen LogP contribution in [0.5, 0.6) is 0 Å². The number of hydrogen-bond acceptors (Lipinski definition) is 6. The zero-order valence-electron chi connectivity index (χ0n) is 19.6. The van der Waals surface area contributed by atoms with Crippen LogP contribution in [-0.2, 0) is 4.74 Å². The normalized spacial score (nSPS) is 17.8. The summed E-state index contributed by atoms with van der Waals surface area (Å²) in [7, 11) is 0. The van der Waals surface area contributed by atoms with E-state index in [1.165, 1.54) is 5.56 Å². The number of para-hydroxylation sites is 1. The van der Waals surface area contributed by atoms with Crippen LogP contribution in [0.1, 0.15) is 59.3 Å². The molecule has 2 aliphatic rings. The number of imidazole rings is 1. The highest BCUT2D eigenvalue weighted by Gasteiger charge is 2.29. The number of pyridine rings is 1. The number of amides is 1. The van der Waals surface area contributed by atoms with Gasteiger partial charge in [0.25, 0.3) is 5.91 Å². The van der Waals surface area contributed by atoms with Crippen LogP contribution in [0, 0.1) is 0 Å². The summed E-state index contributed by atoms with van der Waals surface area (Å²) < 4.78 is 7.12. The minimum absolute atomic E-state index is 0.0652. The lowest BCUT2D eigenvalue weighted by molar-refractivity contribution is 0.0714. The van der Waals surface area contributed by atoms with Gasteiger partial charge in [0, 0.05) is 38.4 Å². The molecule has 2 aliphatic heterocycles. The average molecular weight is 472 g/mol. The first-order chi connectivity index (χ1) is 17.2. The van der Waals surface area contributed by atoms with Gasteiger partial charge in [0.2, 0.25) is 0 Å². The van der Waals surface area contributed by atoms with Crippen LogP contribution in [0.2, 0.25) is 0 Å². The molecular formula is C26H29N7O2. The molecular weight excluding hydrogens is 442 g/mol. The molecule has 0 radical (unpaired) electrons. The second-order valence-electron chi connectivity index (χ2n) is 9.36. The van der Waals surface area contributed by atoms with Crippen LogP contribution < -0.4 is 5.73 Å². The van der Waals surface area contributed by atoms with Crippen LogP contribution in [0.4, 0.5) is 5.82 Å². The van der Waals surface area contributed by atoms with Gasteiger partial charge in [0.1, 0.15) is 22.7 Å². The standard InChI is InChI=1S/C26H29N7O2/c27-23-21(16-29-33(23)19-4-2-1-3-5-19)26(34)32-12-7-17(8-13-32)20-6-11-28-25-22(20)30-24(31-25)18-9-14-35-15-10-18/h1-6,11,16-18H,7-10,12-15,27H2,(H,28,30,31). The Labute approximate surface area is 203 Å². The topological polar surface area (TPSA) is 115 Å². The predicted molar refractivity (Wildman–Crippen MR) is 133 cm³/mol. The molecule has 6 rings (SSSR count). The van der Waals surface area contributed by atoms with Gasteiger partial charge in [-0.1, -0.05) is 18.2 Å². The van der Waals surface area contributed by atoms with Gasteiger partial charge in [-0.3, -0.25) is 4.79 Å². The molecule has 0 atom stereocenters. The van der Waals surface area contributed by atoms with Gasteiger partial charge in [-0.15, -0.1) is 0 Å². The van der Waals surface area contributed by atoms with Gasteiger partial charge in [0.15, 0.2) is 5.65 Å². The molecule has 5 heterocycles. The van der Waals surface area contributed by atoms with E-state index in [4.69, 9.17) is 15.5 Å². The highest BCUT2D eigenvalue weighted by atomic mass is 16.5. The minimum Gasteiger partial charge on any atom is -0.383 e. The molecule has 2 saturated heterocycles. The Kier molecular flexibility index (Phi) is 5.69. The number of fused-ring (bicyclic) bond motifs is 1. The van der Waals surface area contributed by atoms with E-state index in [0.29, 0.717) is 36.3 Å². The first-order valence-corrected chi connectivity index (χ1v) is 12.3. The molecule has 9 heteroatoms. The van der Waals surface area contributed by atoms with Crippen molar-refractivity contribution in [2.24, 2.45) is 0 Å². The van der Waals surface area contributed by atoms with Crippen molar-refractivity contribution in [3.8, 4) is 5.69 Å². The number of nitrogen functional groups attached to an aromatic ring is 1. The second kappa shape index (κ2) is 9.14. The smallest absolute Gasteiger partial charge is 0.259 e.